The number of nitrogens with zero attached hydrogens (tertiary/aromatic N) is 1. The van der Waals surface area contributed by atoms with E-state index in [0.717, 1.165) is 0 Å². The Kier molecular flexibility index (Phi) is 2.60. The molecule has 6 heteroatoms. The summed E-state index contributed by atoms with van der Waals surface area (Å²) in [5.74, 6) is -0.733. The summed E-state index contributed by atoms with van der Waals surface area (Å²) >= 11 is 0. The first-order valence-electron chi connectivity index (χ1n) is 2.07. The molecule has 0 unspecified atom stereocenters. The van der Waals surface area contributed by atoms with Gasteiger partial charge in [0.25, 0.3) is 0 Å². The third kappa shape index (κ3) is 5.25. The Morgan fingerprint density at radius 2 is 2.22 bits per heavy atom. The van der Waals surface area contributed by atoms with Crippen molar-refractivity contribution < 1.29 is 18.2 Å². The second kappa shape index (κ2) is 2.79. The fourth-order valence-electron chi connectivity index (χ4n) is 0.285. The fraction of sp³-hybridized carbons (Fsp3) is 0.667. The van der Waals surface area contributed by atoms with E-state index in [2.05, 4.69) is 5.16 Å². The van der Waals surface area contributed by atoms with E-state index in [4.69, 9.17) is 5.21 Å². The molecular weight excluding hydrogens is 146 g/mol. The second-order valence-electron chi connectivity index (χ2n) is 1.54. The summed E-state index contributed by atoms with van der Waals surface area (Å²) in [4.78, 5) is 0. The molecule has 0 heterocycles. The van der Waals surface area contributed by atoms with Gasteiger partial charge in [-0.2, -0.15) is 0 Å². The average molecular weight is 152 g/mol. The second-order valence-corrected chi connectivity index (χ2v) is 2.94. The van der Waals surface area contributed by atoms with Crippen molar-refractivity contribution in [2.45, 2.75) is 6.92 Å². The molecule has 0 saturated heterocycles. The van der Waals surface area contributed by atoms with E-state index in [1.54, 1.807) is 0 Å². The smallest absolute Gasteiger partial charge is 0.100 e. The van der Waals surface area contributed by atoms with Crippen LogP contribution >= 0.6 is 0 Å². The van der Waals surface area contributed by atoms with Gasteiger partial charge in [0.15, 0.2) is 0 Å². The van der Waals surface area contributed by atoms with Gasteiger partial charge in [0.05, 0.1) is 11.5 Å². The number of rotatable bonds is 2. The van der Waals surface area contributed by atoms with Crippen LogP contribution in [0.4, 0.5) is 0 Å². The van der Waals surface area contributed by atoms with Crippen LogP contribution in [0.2, 0.25) is 0 Å². The van der Waals surface area contributed by atoms with Crippen LogP contribution < -0.4 is 0 Å². The zero-order valence-electron chi connectivity index (χ0n) is 4.73. The predicted octanol–water partition coefficient (Wildman–Crippen LogP) is -0.618. The highest BCUT2D eigenvalue weighted by Gasteiger charge is 1.97. The molecule has 0 aromatic heterocycles. The Morgan fingerprint density at radius 1 is 1.78 bits per heavy atom. The molecule has 5 nitrogen and oxygen atoms in total. The zero-order valence-corrected chi connectivity index (χ0v) is 5.55. The molecule has 0 aromatic rings. The van der Waals surface area contributed by atoms with Gasteiger partial charge in [-0.25, -0.2) is 8.42 Å². The lowest BCUT2D eigenvalue weighted by molar-refractivity contribution is 0.318. The highest BCUT2D eigenvalue weighted by Crippen LogP contribution is 1.83. The van der Waals surface area contributed by atoms with Crippen LogP contribution in [-0.4, -0.2) is 29.6 Å². The summed E-state index contributed by atoms with van der Waals surface area (Å²) in [6.45, 7) is 1.25. The summed E-state index contributed by atoms with van der Waals surface area (Å²) in [5, 5.41) is 10.4. The van der Waals surface area contributed by atoms with Gasteiger partial charge in [-0.1, -0.05) is 5.16 Å². The van der Waals surface area contributed by atoms with Crippen LogP contribution in [0.25, 0.3) is 0 Å². The first kappa shape index (κ1) is 8.38. The van der Waals surface area contributed by atoms with Crippen molar-refractivity contribution in [1.82, 2.24) is 0 Å². The van der Waals surface area contributed by atoms with Gasteiger partial charge in [0, 0.05) is 0 Å². The lowest BCUT2D eigenvalue weighted by atomic mass is 10.5. The monoisotopic (exact) mass is 152 g/mol. The summed E-state index contributed by atoms with van der Waals surface area (Å²) in [6, 6.07) is 0. The van der Waals surface area contributed by atoms with Gasteiger partial charge in [0.2, 0.25) is 0 Å². The van der Waals surface area contributed by atoms with E-state index in [9.17, 15) is 13.0 Å². The van der Waals surface area contributed by atoms with E-state index in [1.165, 1.54) is 6.92 Å². The molecule has 0 amide bonds. The summed E-state index contributed by atoms with van der Waals surface area (Å²) < 4.78 is 29.6. The van der Waals surface area contributed by atoms with Crippen molar-refractivity contribution >= 4 is 15.8 Å². The van der Waals surface area contributed by atoms with Crippen molar-refractivity contribution in [2.24, 2.45) is 5.16 Å². The normalized spacial score (nSPS) is 13.8. The number of oxime groups is 1. The zero-order chi connectivity index (χ0) is 7.49. The van der Waals surface area contributed by atoms with Crippen LogP contribution in [0, 0.1) is 0 Å². The number of hydrogen-bond acceptors (Lipinski definition) is 5. The van der Waals surface area contributed by atoms with Crippen LogP contribution in [0.3, 0.4) is 0 Å². The Morgan fingerprint density at radius 3 is 2.33 bits per heavy atom. The van der Waals surface area contributed by atoms with Gasteiger partial charge in [-0.3, -0.25) is 0 Å². The molecule has 0 aliphatic carbocycles. The van der Waals surface area contributed by atoms with Gasteiger partial charge >= 0.3 is 0 Å². The van der Waals surface area contributed by atoms with E-state index in [1.807, 2.05) is 0 Å². The van der Waals surface area contributed by atoms with Gasteiger partial charge in [-0.05, 0) is 6.92 Å². The van der Waals surface area contributed by atoms with E-state index in [0.29, 0.717) is 0 Å². The summed E-state index contributed by atoms with van der Waals surface area (Å²) in [6.07, 6.45) is 0. The van der Waals surface area contributed by atoms with E-state index < -0.39 is 15.9 Å². The molecule has 0 spiro atoms. The highest BCUT2D eigenvalue weighted by molar-refractivity contribution is 7.86. The maximum Gasteiger partial charge on any atom is 0.100 e. The molecule has 1 N–H and O–H groups in total. The Hall–Kier alpha value is -0.620. The van der Waals surface area contributed by atoms with Crippen molar-refractivity contribution in [3.8, 4) is 0 Å². The van der Waals surface area contributed by atoms with E-state index in [-0.39, 0.29) is 5.71 Å². The highest BCUT2D eigenvalue weighted by atomic mass is 32.2. The third-order valence-corrected chi connectivity index (χ3v) is 1.33. The van der Waals surface area contributed by atoms with Crippen molar-refractivity contribution in [1.29, 1.82) is 0 Å². The van der Waals surface area contributed by atoms with Crippen LogP contribution in [0.1, 0.15) is 6.92 Å². The standard InChI is InChI=1S/C3H7NO4S/c1-3(4-5)2-9(6,7)8/h5H,2H2,1H3,(H,6,7,8)/p-1/b4-3-. The molecule has 9 heavy (non-hydrogen) atoms. The largest absolute Gasteiger partial charge is 0.748 e. The molecule has 0 aromatic carbocycles. The molecule has 0 saturated carbocycles. The first-order valence-corrected chi connectivity index (χ1v) is 3.64. The van der Waals surface area contributed by atoms with Crippen molar-refractivity contribution in [3.63, 3.8) is 0 Å². The SMILES string of the molecule is C/C(CS(=O)(=O)[O-])=N/O. The van der Waals surface area contributed by atoms with Gasteiger partial charge in [0.1, 0.15) is 10.1 Å². The van der Waals surface area contributed by atoms with Crippen molar-refractivity contribution in [3.05, 3.63) is 0 Å². The first-order chi connectivity index (χ1) is 3.95. The minimum Gasteiger partial charge on any atom is -0.748 e. The number of hydrogen-bond donors (Lipinski definition) is 1. The van der Waals surface area contributed by atoms with Crippen molar-refractivity contribution in [2.75, 3.05) is 5.75 Å². The van der Waals surface area contributed by atoms with Gasteiger partial charge < -0.3 is 9.76 Å². The lowest BCUT2D eigenvalue weighted by Crippen LogP contribution is -2.11. The maximum atomic E-state index is 9.85. The molecule has 0 radical (unpaired) electrons. The summed E-state index contributed by atoms with van der Waals surface area (Å²) in [5.41, 5.74) is -0.106. The Balaban J connectivity index is 4.07. The third-order valence-electron chi connectivity index (χ3n) is 0.556. The molecule has 0 aliphatic rings. The molecule has 0 atom stereocenters. The average Bonchev–Trinajstić information content (AvgIpc) is 1.62. The van der Waals surface area contributed by atoms with Crippen LogP contribution in [-0.2, 0) is 10.1 Å². The topological polar surface area (TPSA) is 89.8 Å². The molecule has 0 fully saturated rings. The molecule has 0 aliphatic heterocycles. The minimum atomic E-state index is -4.28. The molecule has 0 rings (SSSR count). The van der Waals surface area contributed by atoms with Crippen LogP contribution in [0.15, 0.2) is 5.16 Å². The molecule has 54 valence electrons. The lowest BCUT2D eigenvalue weighted by Gasteiger charge is -2.02. The Labute approximate surface area is 52.7 Å². The minimum absolute atomic E-state index is 0.106. The molecule has 0 bridgehead atoms. The van der Waals surface area contributed by atoms with E-state index >= 15 is 0 Å². The fourth-order valence-corrected chi connectivity index (χ4v) is 0.854. The van der Waals surface area contributed by atoms with Crippen LogP contribution in [0.5, 0.6) is 0 Å². The molecular formula is C3H6NO4S-. The summed E-state index contributed by atoms with van der Waals surface area (Å²) in [7, 11) is -4.28. The maximum absolute atomic E-state index is 9.85. The van der Waals surface area contributed by atoms with Gasteiger partial charge in [-0.15, -0.1) is 0 Å². The predicted molar refractivity (Wildman–Crippen MR) is 29.5 cm³/mol. The Bertz CT molecular complexity index is 204. The quantitative estimate of drug-likeness (QED) is 0.247.